The van der Waals surface area contributed by atoms with E-state index in [9.17, 15) is 4.79 Å². The van der Waals surface area contributed by atoms with Crippen molar-refractivity contribution in [1.82, 2.24) is 4.90 Å². The highest BCUT2D eigenvalue weighted by Crippen LogP contribution is 2.31. The van der Waals surface area contributed by atoms with Gasteiger partial charge in [-0.1, -0.05) is 42.5 Å². The number of aryl methyl sites for hydroxylation is 1. The Morgan fingerprint density at radius 1 is 0.923 bits per heavy atom. The van der Waals surface area contributed by atoms with Crippen LogP contribution in [0, 0.1) is 6.92 Å². The van der Waals surface area contributed by atoms with E-state index in [4.69, 9.17) is 0 Å². The van der Waals surface area contributed by atoms with Crippen LogP contribution in [0.5, 0.6) is 0 Å². The van der Waals surface area contributed by atoms with Gasteiger partial charge in [0, 0.05) is 31.9 Å². The van der Waals surface area contributed by atoms with E-state index in [2.05, 4.69) is 52.0 Å². The summed E-state index contributed by atoms with van der Waals surface area (Å²) in [6.07, 6.45) is 1.96. The molecule has 0 bridgehead atoms. The minimum absolute atomic E-state index is 0.126. The van der Waals surface area contributed by atoms with Crippen LogP contribution in [0.15, 0.2) is 64.5 Å². The third-order valence-corrected chi connectivity index (χ3v) is 5.80. The van der Waals surface area contributed by atoms with Gasteiger partial charge in [0.05, 0.1) is 4.91 Å². The lowest BCUT2D eigenvalue weighted by molar-refractivity contribution is -0.113. The summed E-state index contributed by atoms with van der Waals surface area (Å²) in [5, 5.41) is 0.836. The molecule has 1 saturated heterocycles. The number of rotatable bonds is 2. The number of carbonyl (C=O) groups is 1. The molecule has 0 atom stereocenters. The molecule has 2 heterocycles. The first-order chi connectivity index (χ1) is 12.7. The van der Waals surface area contributed by atoms with E-state index in [0.29, 0.717) is 4.91 Å². The number of benzene rings is 2. The highest BCUT2D eigenvalue weighted by Gasteiger charge is 2.28. The maximum Gasteiger partial charge on any atom is 0.286 e. The Hall–Kier alpha value is -2.53. The normalized spacial score (nSPS) is 19.2. The molecule has 5 heteroatoms. The van der Waals surface area contributed by atoms with Gasteiger partial charge in [-0.2, -0.15) is 4.99 Å². The van der Waals surface area contributed by atoms with Crippen molar-refractivity contribution >= 4 is 34.6 Å². The van der Waals surface area contributed by atoms with Crippen LogP contribution in [0.25, 0.3) is 6.08 Å². The number of para-hydroxylation sites is 1. The van der Waals surface area contributed by atoms with Gasteiger partial charge in [0.15, 0.2) is 5.17 Å². The Labute approximate surface area is 158 Å². The van der Waals surface area contributed by atoms with E-state index >= 15 is 0 Å². The number of thioether (sulfide) groups is 1. The molecular formula is C21H21N3OS. The zero-order valence-electron chi connectivity index (χ0n) is 14.8. The standard InChI is InChI=1S/C21H21N3OS/c1-16-7-5-6-8-17(16)15-19-20(25)22-21(26-19)24-13-11-23(12-14-24)18-9-3-2-4-10-18/h2-10,15H,11-14H2,1H3/b19-15-. The van der Waals surface area contributed by atoms with Crippen molar-refractivity contribution in [1.29, 1.82) is 0 Å². The zero-order valence-corrected chi connectivity index (χ0v) is 15.6. The fraction of sp³-hybridized carbons (Fsp3) is 0.238. The monoisotopic (exact) mass is 363 g/mol. The van der Waals surface area contributed by atoms with E-state index in [1.54, 1.807) is 0 Å². The van der Waals surface area contributed by atoms with Crippen LogP contribution in [-0.2, 0) is 4.79 Å². The topological polar surface area (TPSA) is 35.9 Å². The van der Waals surface area contributed by atoms with E-state index in [0.717, 1.165) is 36.9 Å². The highest BCUT2D eigenvalue weighted by molar-refractivity contribution is 8.18. The van der Waals surface area contributed by atoms with Crippen molar-refractivity contribution in [3.05, 3.63) is 70.6 Å². The molecule has 1 amide bonds. The summed E-state index contributed by atoms with van der Waals surface area (Å²) in [6.45, 7) is 5.70. The first-order valence-electron chi connectivity index (χ1n) is 8.84. The molecular weight excluding hydrogens is 342 g/mol. The molecule has 2 aromatic rings. The van der Waals surface area contributed by atoms with Gasteiger partial charge in [0.2, 0.25) is 0 Å². The van der Waals surface area contributed by atoms with E-state index in [1.165, 1.54) is 23.0 Å². The van der Waals surface area contributed by atoms with Gasteiger partial charge in [0.25, 0.3) is 5.91 Å². The number of anilines is 1. The number of amides is 1. The molecule has 0 unspecified atom stereocenters. The maximum absolute atomic E-state index is 12.3. The van der Waals surface area contributed by atoms with Crippen LogP contribution in [-0.4, -0.2) is 42.2 Å². The van der Waals surface area contributed by atoms with Gasteiger partial charge in [0.1, 0.15) is 0 Å². The predicted octanol–water partition coefficient (Wildman–Crippen LogP) is 3.79. The summed E-state index contributed by atoms with van der Waals surface area (Å²) < 4.78 is 0. The second-order valence-corrected chi connectivity index (χ2v) is 7.49. The smallest absolute Gasteiger partial charge is 0.286 e. The number of hydrogen-bond acceptors (Lipinski definition) is 4. The fourth-order valence-electron chi connectivity index (χ4n) is 3.22. The number of hydrogen-bond donors (Lipinski definition) is 0. The molecule has 4 rings (SSSR count). The largest absolute Gasteiger partial charge is 0.368 e. The van der Waals surface area contributed by atoms with Crippen LogP contribution in [0.2, 0.25) is 0 Å². The van der Waals surface area contributed by atoms with E-state index < -0.39 is 0 Å². The molecule has 0 spiro atoms. The SMILES string of the molecule is Cc1ccccc1/C=C1\SC(N2CCN(c3ccccc3)CC2)=NC1=O. The minimum Gasteiger partial charge on any atom is -0.368 e. The molecule has 2 aromatic carbocycles. The van der Waals surface area contributed by atoms with E-state index in [-0.39, 0.29) is 5.91 Å². The molecule has 0 radical (unpaired) electrons. The van der Waals surface area contributed by atoms with Crippen molar-refractivity contribution in [2.75, 3.05) is 31.1 Å². The Morgan fingerprint density at radius 3 is 2.31 bits per heavy atom. The number of piperazine rings is 1. The van der Waals surface area contributed by atoms with Crippen LogP contribution in [0.1, 0.15) is 11.1 Å². The minimum atomic E-state index is -0.126. The average molecular weight is 363 g/mol. The quantitative estimate of drug-likeness (QED) is 0.761. The average Bonchev–Trinajstić information content (AvgIpc) is 3.05. The lowest BCUT2D eigenvalue weighted by Crippen LogP contribution is -2.47. The predicted molar refractivity (Wildman–Crippen MR) is 109 cm³/mol. The number of nitrogens with zero attached hydrogens (tertiary/aromatic N) is 3. The molecule has 0 saturated carbocycles. The highest BCUT2D eigenvalue weighted by atomic mass is 32.2. The Morgan fingerprint density at radius 2 is 1.58 bits per heavy atom. The first kappa shape index (κ1) is 16.9. The molecule has 0 aliphatic carbocycles. The fourth-order valence-corrected chi connectivity index (χ4v) is 4.17. The summed E-state index contributed by atoms with van der Waals surface area (Å²) in [5.74, 6) is -0.126. The third kappa shape index (κ3) is 3.53. The lowest BCUT2D eigenvalue weighted by atomic mass is 10.1. The molecule has 26 heavy (non-hydrogen) atoms. The Balaban J connectivity index is 1.42. The Kier molecular flexibility index (Phi) is 4.80. The maximum atomic E-state index is 12.3. The molecule has 2 aliphatic rings. The van der Waals surface area contributed by atoms with Gasteiger partial charge >= 0.3 is 0 Å². The van der Waals surface area contributed by atoms with E-state index in [1.807, 2.05) is 30.3 Å². The summed E-state index contributed by atoms with van der Waals surface area (Å²) in [5.41, 5.74) is 3.50. The third-order valence-electron chi connectivity index (χ3n) is 4.76. The van der Waals surface area contributed by atoms with Crippen LogP contribution < -0.4 is 4.90 Å². The van der Waals surface area contributed by atoms with Crippen molar-refractivity contribution in [2.24, 2.45) is 4.99 Å². The number of carbonyl (C=O) groups excluding carboxylic acids is 1. The molecule has 2 aliphatic heterocycles. The van der Waals surface area contributed by atoms with Crippen LogP contribution in [0.3, 0.4) is 0 Å². The summed E-state index contributed by atoms with van der Waals surface area (Å²) >= 11 is 1.49. The molecule has 4 nitrogen and oxygen atoms in total. The lowest BCUT2D eigenvalue weighted by Gasteiger charge is -2.36. The van der Waals surface area contributed by atoms with Gasteiger partial charge in [-0.15, -0.1) is 0 Å². The Bertz CT molecular complexity index is 868. The van der Waals surface area contributed by atoms with Crippen LogP contribution in [0.4, 0.5) is 5.69 Å². The zero-order chi connectivity index (χ0) is 17.9. The second-order valence-electron chi connectivity index (χ2n) is 6.48. The number of amidine groups is 1. The number of aliphatic imine (C=N–C) groups is 1. The first-order valence-corrected chi connectivity index (χ1v) is 9.65. The van der Waals surface area contributed by atoms with Gasteiger partial charge in [-0.05, 0) is 48.0 Å². The summed E-state index contributed by atoms with van der Waals surface area (Å²) in [7, 11) is 0. The summed E-state index contributed by atoms with van der Waals surface area (Å²) in [4.78, 5) is 21.9. The van der Waals surface area contributed by atoms with Crippen LogP contribution >= 0.6 is 11.8 Å². The van der Waals surface area contributed by atoms with Crippen molar-refractivity contribution < 1.29 is 4.79 Å². The molecule has 1 fully saturated rings. The van der Waals surface area contributed by atoms with Gasteiger partial charge < -0.3 is 9.80 Å². The second kappa shape index (κ2) is 7.38. The molecule has 0 aromatic heterocycles. The van der Waals surface area contributed by atoms with Gasteiger partial charge in [-0.3, -0.25) is 4.79 Å². The van der Waals surface area contributed by atoms with Crippen molar-refractivity contribution in [3.8, 4) is 0 Å². The van der Waals surface area contributed by atoms with Crippen molar-refractivity contribution in [2.45, 2.75) is 6.92 Å². The molecule has 132 valence electrons. The van der Waals surface area contributed by atoms with Gasteiger partial charge in [-0.25, -0.2) is 0 Å². The summed E-state index contributed by atoms with van der Waals surface area (Å²) in [6, 6.07) is 18.6. The van der Waals surface area contributed by atoms with Crippen molar-refractivity contribution in [3.63, 3.8) is 0 Å². The molecule has 0 N–H and O–H groups in total.